The summed E-state index contributed by atoms with van der Waals surface area (Å²) in [6.45, 7) is 0.265. The molecular weight excluding hydrogens is 347 g/mol. The van der Waals surface area contributed by atoms with Gasteiger partial charge in [-0.25, -0.2) is 5.43 Å². The van der Waals surface area contributed by atoms with Gasteiger partial charge in [-0.05, 0) is 24.3 Å². The second-order valence-corrected chi connectivity index (χ2v) is 5.41. The number of carbonyl (C=O) groups is 1. The van der Waals surface area contributed by atoms with E-state index in [1.165, 1.54) is 12.4 Å². The van der Waals surface area contributed by atoms with Crippen molar-refractivity contribution in [3.63, 3.8) is 0 Å². The Morgan fingerprint density at radius 3 is 2.41 bits per heavy atom. The lowest BCUT2D eigenvalue weighted by Gasteiger charge is -2.08. The van der Waals surface area contributed by atoms with Gasteiger partial charge in [0.15, 0.2) is 0 Å². The number of halogens is 3. The third-order valence-electron chi connectivity index (χ3n) is 2.59. The number of hydrazine groups is 1. The molecule has 0 fully saturated rings. The van der Waals surface area contributed by atoms with E-state index in [-0.39, 0.29) is 6.54 Å². The van der Waals surface area contributed by atoms with Gasteiger partial charge in [-0.1, -0.05) is 34.8 Å². The van der Waals surface area contributed by atoms with Gasteiger partial charge in [0.2, 0.25) is 0 Å². The van der Waals surface area contributed by atoms with Crippen LogP contribution in [0.4, 0.5) is 5.69 Å². The lowest BCUT2D eigenvalue weighted by molar-refractivity contribution is -0.115. The Morgan fingerprint density at radius 2 is 1.77 bits per heavy atom. The first-order chi connectivity index (χ1) is 10.6. The van der Waals surface area contributed by atoms with Crippen molar-refractivity contribution >= 4 is 52.6 Å². The average molecular weight is 358 g/mol. The maximum absolute atomic E-state index is 11.6. The van der Waals surface area contributed by atoms with Crippen LogP contribution in [0.25, 0.3) is 0 Å². The molecular formula is C14H11Cl3N4O. The second kappa shape index (κ2) is 8.10. The molecule has 0 atom stereocenters. The summed E-state index contributed by atoms with van der Waals surface area (Å²) in [7, 11) is 0. The van der Waals surface area contributed by atoms with Gasteiger partial charge in [-0.2, -0.15) is 0 Å². The number of benzene rings is 1. The normalized spacial score (nSPS) is 10.9. The smallest absolute Gasteiger partial charge is 0.276 e. The van der Waals surface area contributed by atoms with Crippen LogP contribution in [0.3, 0.4) is 0 Å². The van der Waals surface area contributed by atoms with E-state index in [1.54, 1.807) is 24.3 Å². The molecule has 2 aromatic rings. The molecule has 1 amide bonds. The van der Waals surface area contributed by atoms with Gasteiger partial charge < -0.3 is 0 Å². The van der Waals surface area contributed by atoms with E-state index in [0.29, 0.717) is 26.3 Å². The van der Waals surface area contributed by atoms with Gasteiger partial charge in [0.05, 0.1) is 21.9 Å². The fourth-order valence-corrected chi connectivity index (χ4v) is 2.14. The number of nitrogens with zero attached hydrogens (tertiary/aromatic N) is 2. The molecule has 5 nitrogen and oxygen atoms in total. The highest BCUT2D eigenvalue weighted by molar-refractivity contribution is 6.35. The molecule has 0 saturated heterocycles. The Hall–Kier alpha value is -1.66. The van der Waals surface area contributed by atoms with E-state index in [2.05, 4.69) is 20.8 Å². The van der Waals surface area contributed by atoms with Crippen LogP contribution in [-0.2, 0) is 11.3 Å². The summed E-state index contributed by atoms with van der Waals surface area (Å²) >= 11 is 17.7. The fraction of sp³-hybridized carbons (Fsp3) is 0.0714. The number of nitrogens with one attached hydrogen (secondary N) is 2. The zero-order valence-electron chi connectivity index (χ0n) is 11.2. The molecule has 1 heterocycles. The van der Waals surface area contributed by atoms with E-state index in [0.717, 1.165) is 6.21 Å². The predicted octanol–water partition coefficient (Wildman–Crippen LogP) is 3.57. The van der Waals surface area contributed by atoms with Crippen LogP contribution in [0, 0.1) is 0 Å². The summed E-state index contributed by atoms with van der Waals surface area (Å²) in [6.07, 6.45) is 4.12. The zero-order valence-corrected chi connectivity index (χ0v) is 13.5. The lowest BCUT2D eigenvalue weighted by Crippen LogP contribution is -2.37. The summed E-state index contributed by atoms with van der Waals surface area (Å²) in [5.74, 6) is -0.406. The average Bonchev–Trinajstić information content (AvgIpc) is 2.50. The van der Waals surface area contributed by atoms with E-state index < -0.39 is 5.91 Å². The number of hydrogen-bond donors (Lipinski definition) is 2. The van der Waals surface area contributed by atoms with Crippen molar-refractivity contribution in [3.8, 4) is 0 Å². The quantitative estimate of drug-likeness (QED) is 0.635. The molecule has 22 heavy (non-hydrogen) atoms. The Labute approximate surface area is 142 Å². The van der Waals surface area contributed by atoms with Crippen LogP contribution < -0.4 is 10.9 Å². The van der Waals surface area contributed by atoms with E-state index >= 15 is 0 Å². The van der Waals surface area contributed by atoms with Crippen molar-refractivity contribution in [1.29, 1.82) is 0 Å². The number of aliphatic imine (C=N–C) groups is 1. The number of pyridine rings is 1. The molecule has 2 N–H and O–H groups in total. The highest BCUT2D eigenvalue weighted by atomic mass is 35.5. The molecule has 0 aliphatic carbocycles. The highest BCUT2D eigenvalue weighted by Gasteiger charge is 2.06. The summed E-state index contributed by atoms with van der Waals surface area (Å²) in [6, 6.07) is 6.79. The van der Waals surface area contributed by atoms with Crippen molar-refractivity contribution < 1.29 is 4.79 Å². The minimum atomic E-state index is -0.406. The van der Waals surface area contributed by atoms with Crippen LogP contribution >= 0.6 is 34.8 Å². The molecule has 0 unspecified atom stereocenters. The Balaban J connectivity index is 1.84. The van der Waals surface area contributed by atoms with Crippen LogP contribution in [-0.4, -0.2) is 17.1 Å². The summed E-state index contributed by atoms with van der Waals surface area (Å²) in [5, 5.41) is 1.45. The van der Waals surface area contributed by atoms with E-state index in [4.69, 9.17) is 34.8 Å². The molecule has 0 aliphatic heterocycles. The number of rotatable bonds is 5. The van der Waals surface area contributed by atoms with Crippen LogP contribution in [0.15, 0.2) is 41.7 Å². The van der Waals surface area contributed by atoms with Gasteiger partial charge in [-0.15, -0.1) is 0 Å². The summed E-state index contributed by atoms with van der Waals surface area (Å²) in [4.78, 5) is 19.5. The molecule has 0 bridgehead atoms. The number of carbonyl (C=O) groups excluding carboxylic acids is 1. The van der Waals surface area contributed by atoms with Crippen molar-refractivity contribution in [1.82, 2.24) is 15.8 Å². The van der Waals surface area contributed by atoms with Crippen molar-refractivity contribution in [2.24, 2.45) is 4.99 Å². The maximum Gasteiger partial charge on any atom is 0.276 e. The Bertz CT molecular complexity index is 669. The molecule has 2 rings (SSSR count). The van der Waals surface area contributed by atoms with Gasteiger partial charge in [0.25, 0.3) is 5.91 Å². The van der Waals surface area contributed by atoms with Crippen LogP contribution in [0.5, 0.6) is 0 Å². The molecule has 0 aliphatic rings. The first-order valence-electron chi connectivity index (χ1n) is 6.16. The number of amides is 1. The summed E-state index contributed by atoms with van der Waals surface area (Å²) < 4.78 is 0. The lowest BCUT2D eigenvalue weighted by atomic mass is 10.3. The first-order valence-corrected chi connectivity index (χ1v) is 7.30. The van der Waals surface area contributed by atoms with Crippen molar-refractivity contribution in [2.75, 3.05) is 0 Å². The van der Waals surface area contributed by atoms with Crippen LogP contribution in [0.1, 0.15) is 5.56 Å². The SMILES string of the molecule is O=C(C=Nc1ccc(Cl)cc1)NNCc1c(Cl)cncc1Cl. The fourth-order valence-electron chi connectivity index (χ4n) is 1.52. The minimum Gasteiger partial charge on any atom is -0.286 e. The second-order valence-electron chi connectivity index (χ2n) is 4.16. The molecule has 8 heteroatoms. The molecule has 0 radical (unpaired) electrons. The van der Waals surface area contributed by atoms with Gasteiger partial charge in [0, 0.05) is 29.5 Å². The molecule has 1 aromatic heterocycles. The standard InChI is InChI=1S/C14H11Cl3N4O/c15-9-1-3-10(4-2-9)19-8-14(22)21-20-5-11-12(16)6-18-7-13(11)17/h1-4,6-8,20H,5H2,(H,21,22). The van der Waals surface area contributed by atoms with E-state index in [1.807, 2.05) is 0 Å². The summed E-state index contributed by atoms with van der Waals surface area (Å²) in [5.41, 5.74) is 6.46. The van der Waals surface area contributed by atoms with Gasteiger partial charge >= 0.3 is 0 Å². The number of hydrogen-bond acceptors (Lipinski definition) is 4. The van der Waals surface area contributed by atoms with Gasteiger partial charge in [-0.3, -0.25) is 20.2 Å². The topological polar surface area (TPSA) is 66.4 Å². The Morgan fingerprint density at radius 1 is 1.14 bits per heavy atom. The Kier molecular flexibility index (Phi) is 6.15. The third-order valence-corrected chi connectivity index (χ3v) is 3.49. The predicted molar refractivity (Wildman–Crippen MR) is 88.8 cm³/mol. The maximum atomic E-state index is 11.6. The van der Waals surface area contributed by atoms with Crippen molar-refractivity contribution in [2.45, 2.75) is 6.54 Å². The van der Waals surface area contributed by atoms with Crippen LogP contribution in [0.2, 0.25) is 15.1 Å². The molecule has 0 saturated carbocycles. The molecule has 1 aromatic carbocycles. The monoisotopic (exact) mass is 356 g/mol. The largest absolute Gasteiger partial charge is 0.286 e. The van der Waals surface area contributed by atoms with Crippen molar-refractivity contribution in [3.05, 3.63) is 57.3 Å². The highest BCUT2D eigenvalue weighted by Crippen LogP contribution is 2.22. The zero-order chi connectivity index (χ0) is 15.9. The number of aromatic nitrogens is 1. The molecule has 114 valence electrons. The first kappa shape index (κ1) is 16.7. The van der Waals surface area contributed by atoms with Gasteiger partial charge in [0.1, 0.15) is 0 Å². The van der Waals surface area contributed by atoms with E-state index in [9.17, 15) is 4.79 Å². The third kappa shape index (κ3) is 4.96. The molecule has 0 spiro atoms. The minimum absolute atomic E-state index is 0.265.